The molecule has 0 amide bonds. The maximum absolute atomic E-state index is 5.80. The molecule has 1 aromatic rings. The minimum absolute atomic E-state index is 0.419. The number of nitrogens with two attached hydrogens (primary N) is 1. The Morgan fingerprint density at radius 3 is 2.74 bits per heavy atom. The Labute approximate surface area is 116 Å². The van der Waals surface area contributed by atoms with Gasteiger partial charge in [0.05, 0.1) is 12.3 Å². The number of nitrogen functional groups attached to an aromatic ring is 1. The van der Waals surface area contributed by atoms with E-state index in [1.54, 1.807) is 0 Å². The maximum atomic E-state index is 5.80. The summed E-state index contributed by atoms with van der Waals surface area (Å²) < 4.78 is 5.40. The molecule has 0 spiro atoms. The predicted octanol–water partition coefficient (Wildman–Crippen LogP) is 3.83. The Morgan fingerprint density at radius 2 is 2.05 bits per heavy atom. The van der Waals surface area contributed by atoms with Crippen molar-refractivity contribution in [3.63, 3.8) is 0 Å². The van der Waals surface area contributed by atoms with Crippen LogP contribution in [-0.2, 0) is 0 Å². The molecule has 1 rings (SSSR count). The molecule has 1 atom stereocenters. The van der Waals surface area contributed by atoms with E-state index in [0.717, 1.165) is 12.2 Å². The second kappa shape index (κ2) is 8.62. The lowest BCUT2D eigenvalue weighted by atomic mass is 10.1. The number of hydrogen-bond acceptors (Lipinski definition) is 4. The van der Waals surface area contributed by atoms with Gasteiger partial charge >= 0.3 is 0 Å². The van der Waals surface area contributed by atoms with Gasteiger partial charge in [0, 0.05) is 6.04 Å². The molecule has 1 unspecified atom stereocenters. The van der Waals surface area contributed by atoms with E-state index in [1.165, 1.54) is 25.7 Å². The summed E-state index contributed by atoms with van der Waals surface area (Å²) in [5.74, 6) is 1.35. The van der Waals surface area contributed by atoms with E-state index in [-0.39, 0.29) is 0 Å². The van der Waals surface area contributed by atoms with Crippen LogP contribution in [0.15, 0.2) is 12.1 Å². The fourth-order valence-corrected chi connectivity index (χ4v) is 1.99. The quantitative estimate of drug-likeness (QED) is 0.666. The van der Waals surface area contributed by atoms with Crippen LogP contribution in [0, 0.1) is 0 Å². The van der Waals surface area contributed by atoms with Crippen LogP contribution in [0.25, 0.3) is 0 Å². The maximum Gasteiger partial charge on any atom is 0.239 e. The van der Waals surface area contributed by atoms with Gasteiger partial charge in [-0.05, 0) is 32.4 Å². The topological polar surface area (TPSA) is 60.2 Å². The van der Waals surface area contributed by atoms with Crippen molar-refractivity contribution in [1.29, 1.82) is 0 Å². The molecule has 0 saturated carbocycles. The van der Waals surface area contributed by atoms with Gasteiger partial charge in [0.15, 0.2) is 0 Å². The molecule has 0 aliphatic rings. The summed E-state index contributed by atoms with van der Waals surface area (Å²) in [6.07, 6.45) is 6.33. The first kappa shape index (κ1) is 15.6. The summed E-state index contributed by atoms with van der Waals surface area (Å²) in [4.78, 5) is 4.39. The highest BCUT2D eigenvalue weighted by Gasteiger charge is 2.06. The van der Waals surface area contributed by atoms with Crippen molar-refractivity contribution in [3.8, 4) is 5.88 Å². The number of rotatable bonds is 9. The van der Waals surface area contributed by atoms with Crippen molar-refractivity contribution in [2.75, 3.05) is 17.7 Å². The number of nitrogens with zero attached hydrogens (tertiary/aromatic N) is 1. The average Bonchev–Trinajstić information content (AvgIpc) is 2.39. The van der Waals surface area contributed by atoms with Crippen molar-refractivity contribution in [1.82, 2.24) is 4.98 Å². The summed E-state index contributed by atoms with van der Waals surface area (Å²) in [6.45, 7) is 6.92. The molecule has 0 aliphatic heterocycles. The van der Waals surface area contributed by atoms with Crippen LogP contribution in [0.2, 0.25) is 0 Å². The summed E-state index contributed by atoms with van der Waals surface area (Å²) in [6, 6.07) is 4.16. The molecule has 0 fully saturated rings. The molecule has 3 N–H and O–H groups in total. The molecule has 0 radical (unpaired) electrons. The van der Waals surface area contributed by atoms with Crippen molar-refractivity contribution in [3.05, 3.63) is 12.1 Å². The monoisotopic (exact) mass is 265 g/mol. The van der Waals surface area contributed by atoms with E-state index in [0.29, 0.717) is 24.2 Å². The number of ether oxygens (including phenoxy) is 1. The van der Waals surface area contributed by atoms with E-state index in [4.69, 9.17) is 10.5 Å². The largest absolute Gasteiger partial charge is 0.476 e. The zero-order valence-electron chi connectivity index (χ0n) is 12.4. The SMILES string of the molecule is CCCCCCC(C)Nc1ccc(N)c(OCC)n1. The summed E-state index contributed by atoms with van der Waals surface area (Å²) in [7, 11) is 0. The van der Waals surface area contributed by atoms with Crippen molar-refractivity contribution < 1.29 is 4.74 Å². The van der Waals surface area contributed by atoms with Gasteiger partial charge in [-0.1, -0.05) is 32.6 Å². The molecule has 108 valence electrons. The molecule has 1 heterocycles. The fourth-order valence-electron chi connectivity index (χ4n) is 1.99. The lowest BCUT2D eigenvalue weighted by Gasteiger charge is -2.15. The first-order valence-electron chi connectivity index (χ1n) is 7.33. The summed E-state index contributed by atoms with van der Waals surface area (Å²) >= 11 is 0. The molecular formula is C15H27N3O. The zero-order valence-corrected chi connectivity index (χ0v) is 12.4. The van der Waals surface area contributed by atoms with Crippen LogP contribution < -0.4 is 15.8 Å². The second-order valence-corrected chi connectivity index (χ2v) is 4.92. The van der Waals surface area contributed by atoms with Gasteiger partial charge < -0.3 is 15.8 Å². The number of aromatic nitrogens is 1. The lowest BCUT2D eigenvalue weighted by molar-refractivity contribution is 0.329. The number of pyridine rings is 1. The Kier molecular flexibility index (Phi) is 7.08. The van der Waals surface area contributed by atoms with Gasteiger partial charge in [0.1, 0.15) is 5.82 Å². The number of nitrogens with one attached hydrogen (secondary N) is 1. The van der Waals surface area contributed by atoms with Crippen LogP contribution in [0.3, 0.4) is 0 Å². The van der Waals surface area contributed by atoms with Crippen molar-refractivity contribution in [2.24, 2.45) is 0 Å². The Hall–Kier alpha value is -1.45. The molecular weight excluding hydrogens is 238 g/mol. The second-order valence-electron chi connectivity index (χ2n) is 4.92. The van der Waals surface area contributed by atoms with Gasteiger partial charge in [-0.3, -0.25) is 0 Å². The smallest absolute Gasteiger partial charge is 0.239 e. The summed E-state index contributed by atoms with van der Waals surface area (Å²) in [5, 5.41) is 3.40. The minimum atomic E-state index is 0.419. The number of anilines is 2. The van der Waals surface area contributed by atoms with Gasteiger partial charge in [-0.15, -0.1) is 0 Å². The van der Waals surface area contributed by atoms with Crippen molar-refractivity contribution in [2.45, 2.75) is 58.9 Å². The molecule has 0 bridgehead atoms. The highest BCUT2D eigenvalue weighted by atomic mass is 16.5. The van der Waals surface area contributed by atoms with E-state index in [9.17, 15) is 0 Å². The fraction of sp³-hybridized carbons (Fsp3) is 0.667. The predicted molar refractivity (Wildman–Crippen MR) is 81.7 cm³/mol. The van der Waals surface area contributed by atoms with Gasteiger partial charge in [-0.25, -0.2) is 0 Å². The normalized spacial score (nSPS) is 12.2. The molecule has 1 aromatic heterocycles. The number of unbranched alkanes of at least 4 members (excludes halogenated alkanes) is 3. The van der Waals surface area contributed by atoms with Crippen LogP contribution in [0.1, 0.15) is 52.9 Å². The Bertz CT molecular complexity index is 368. The van der Waals surface area contributed by atoms with E-state index in [2.05, 4.69) is 24.1 Å². The average molecular weight is 265 g/mol. The zero-order chi connectivity index (χ0) is 14.1. The first-order valence-corrected chi connectivity index (χ1v) is 7.33. The standard InChI is InChI=1S/C15H27N3O/c1-4-6-7-8-9-12(3)17-14-11-10-13(16)15(18-14)19-5-2/h10-12H,4-9,16H2,1-3H3,(H,17,18). The Balaban J connectivity index is 2.45. The highest BCUT2D eigenvalue weighted by molar-refractivity contribution is 5.53. The summed E-state index contributed by atoms with van der Waals surface area (Å²) in [5.41, 5.74) is 6.39. The lowest BCUT2D eigenvalue weighted by Crippen LogP contribution is -2.16. The first-order chi connectivity index (χ1) is 9.17. The third-order valence-electron chi connectivity index (χ3n) is 3.06. The van der Waals surface area contributed by atoms with Gasteiger partial charge in [-0.2, -0.15) is 4.98 Å². The molecule has 4 heteroatoms. The van der Waals surface area contributed by atoms with Crippen LogP contribution in [0.4, 0.5) is 11.5 Å². The molecule has 0 aromatic carbocycles. The Morgan fingerprint density at radius 1 is 1.26 bits per heavy atom. The number of hydrogen-bond donors (Lipinski definition) is 2. The van der Waals surface area contributed by atoms with Crippen LogP contribution in [-0.4, -0.2) is 17.6 Å². The third-order valence-corrected chi connectivity index (χ3v) is 3.06. The molecule has 19 heavy (non-hydrogen) atoms. The molecule has 4 nitrogen and oxygen atoms in total. The minimum Gasteiger partial charge on any atom is -0.476 e. The van der Waals surface area contributed by atoms with E-state index >= 15 is 0 Å². The highest BCUT2D eigenvalue weighted by Crippen LogP contribution is 2.21. The third kappa shape index (κ3) is 5.81. The van der Waals surface area contributed by atoms with Gasteiger partial charge in [0.25, 0.3) is 0 Å². The van der Waals surface area contributed by atoms with E-state index in [1.807, 2.05) is 19.1 Å². The van der Waals surface area contributed by atoms with Crippen LogP contribution >= 0.6 is 0 Å². The molecule has 0 saturated heterocycles. The van der Waals surface area contributed by atoms with Crippen molar-refractivity contribution >= 4 is 11.5 Å². The van der Waals surface area contributed by atoms with Crippen LogP contribution in [0.5, 0.6) is 5.88 Å². The van der Waals surface area contributed by atoms with Gasteiger partial charge in [0.2, 0.25) is 5.88 Å². The van der Waals surface area contributed by atoms with E-state index < -0.39 is 0 Å². The molecule has 0 aliphatic carbocycles.